The van der Waals surface area contributed by atoms with Gasteiger partial charge in [0.25, 0.3) is 0 Å². The van der Waals surface area contributed by atoms with Crippen molar-refractivity contribution >= 4 is 49.4 Å². The van der Waals surface area contributed by atoms with E-state index in [-0.39, 0.29) is 6.61 Å². The molecule has 0 radical (unpaired) electrons. The van der Waals surface area contributed by atoms with Crippen LogP contribution in [0.1, 0.15) is 11.1 Å². The number of aliphatic hydroxyl groups is 1. The van der Waals surface area contributed by atoms with E-state index in [1.54, 1.807) is 0 Å². The Morgan fingerprint density at radius 1 is 1.00 bits per heavy atom. The summed E-state index contributed by atoms with van der Waals surface area (Å²) in [5.74, 6) is 1.53. The summed E-state index contributed by atoms with van der Waals surface area (Å²) in [7, 11) is 1.92. The molecule has 0 unspecified atom stereocenters. The smallest absolute Gasteiger partial charge is 0.166 e. The van der Waals surface area contributed by atoms with E-state index >= 15 is 0 Å². The molecule has 0 aliphatic carbocycles. The molecule has 0 saturated heterocycles. The maximum Gasteiger partial charge on any atom is 0.166 e. The van der Waals surface area contributed by atoms with E-state index in [2.05, 4.69) is 50.1 Å². The van der Waals surface area contributed by atoms with Crippen LogP contribution in [-0.4, -0.2) is 36.1 Å². The molecule has 138 valence electrons. The first-order valence-electron chi connectivity index (χ1n) is 8.54. The molecular weight excluding hydrogens is 470 g/mol. The van der Waals surface area contributed by atoms with Crippen LogP contribution in [0.4, 0.5) is 0 Å². The molecule has 1 aliphatic rings. The van der Waals surface area contributed by atoms with Gasteiger partial charge in [0.05, 0.1) is 0 Å². The SMILES string of the molecule is C[N+](=C/C=C1\C=C(c2cccc(Br)c2)C=C(c2cccc(Br)c2)O1)CCO. The average molecular weight is 490 g/mol. The highest BCUT2D eigenvalue weighted by Gasteiger charge is 2.15. The van der Waals surface area contributed by atoms with Gasteiger partial charge in [0.2, 0.25) is 0 Å². The van der Waals surface area contributed by atoms with E-state index in [1.807, 2.05) is 66.4 Å². The third-order valence-electron chi connectivity index (χ3n) is 4.03. The summed E-state index contributed by atoms with van der Waals surface area (Å²) in [6, 6.07) is 16.2. The van der Waals surface area contributed by atoms with E-state index in [0.29, 0.717) is 6.54 Å². The monoisotopic (exact) mass is 488 g/mol. The zero-order valence-corrected chi connectivity index (χ0v) is 18.1. The van der Waals surface area contributed by atoms with Gasteiger partial charge in [-0.1, -0.05) is 56.1 Å². The lowest BCUT2D eigenvalue weighted by Crippen LogP contribution is -2.11. The second kappa shape index (κ2) is 9.31. The number of nitrogens with zero attached hydrogens (tertiary/aromatic N) is 1. The van der Waals surface area contributed by atoms with Crippen molar-refractivity contribution in [3.8, 4) is 0 Å². The van der Waals surface area contributed by atoms with E-state index in [4.69, 9.17) is 9.84 Å². The fourth-order valence-corrected chi connectivity index (χ4v) is 3.45. The molecule has 27 heavy (non-hydrogen) atoms. The van der Waals surface area contributed by atoms with Gasteiger partial charge in [0, 0.05) is 20.6 Å². The van der Waals surface area contributed by atoms with Crippen molar-refractivity contribution in [1.29, 1.82) is 0 Å². The quantitative estimate of drug-likeness (QED) is 0.459. The number of ether oxygens (including phenoxy) is 1. The summed E-state index contributed by atoms with van der Waals surface area (Å²) in [5, 5.41) is 9.06. The molecule has 0 atom stereocenters. The van der Waals surface area contributed by atoms with Gasteiger partial charge in [-0.15, -0.1) is 0 Å². The lowest BCUT2D eigenvalue weighted by Gasteiger charge is -2.18. The number of rotatable bonds is 5. The van der Waals surface area contributed by atoms with Crippen molar-refractivity contribution in [3.05, 3.63) is 92.6 Å². The van der Waals surface area contributed by atoms with E-state index in [1.165, 1.54) is 0 Å². The molecule has 5 heteroatoms. The van der Waals surface area contributed by atoms with Crippen molar-refractivity contribution < 1.29 is 14.4 Å². The fourth-order valence-electron chi connectivity index (χ4n) is 2.66. The third kappa shape index (κ3) is 5.51. The van der Waals surface area contributed by atoms with Crippen LogP contribution in [-0.2, 0) is 4.74 Å². The zero-order chi connectivity index (χ0) is 19.2. The van der Waals surface area contributed by atoms with Gasteiger partial charge in [-0.3, -0.25) is 0 Å². The standard InChI is InChI=1S/C22H20Br2NO2/c1-25(10-11-26)9-8-21-14-18(16-4-2-6-19(23)12-16)15-22(27-21)17-5-3-7-20(24)13-17/h2-9,12-15,26H,10-11H2,1H3/q+1/b21-8+,25-9?. The van der Waals surface area contributed by atoms with Gasteiger partial charge in [0.1, 0.15) is 25.2 Å². The maximum atomic E-state index is 9.06. The number of likely N-dealkylation sites (N-methyl/N-ethyl adjacent to an activating group) is 1. The first-order valence-corrected chi connectivity index (χ1v) is 10.1. The van der Waals surface area contributed by atoms with Crippen LogP contribution < -0.4 is 0 Å². The Kier molecular flexibility index (Phi) is 6.83. The Morgan fingerprint density at radius 3 is 2.33 bits per heavy atom. The Labute approximate surface area is 176 Å². The molecule has 1 N–H and O–H groups in total. The number of aliphatic hydroxyl groups excluding tert-OH is 1. The highest BCUT2D eigenvalue weighted by molar-refractivity contribution is 9.10. The van der Waals surface area contributed by atoms with Crippen LogP contribution in [0.25, 0.3) is 11.3 Å². The number of hydrogen-bond acceptors (Lipinski definition) is 2. The third-order valence-corrected chi connectivity index (χ3v) is 5.01. The highest BCUT2D eigenvalue weighted by atomic mass is 79.9. The van der Waals surface area contributed by atoms with E-state index < -0.39 is 0 Å². The first-order chi connectivity index (χ1) is 13.0. The van der Waals surface area contributed by atoms with Crippen LogP contribution in [0, 0.1) is 0 Å². The number of allylic oxidation sites excluding steroid dienone is 4. The Balaban J connectivity index is 2.03. The molecule has 0 amide bonds. The normalized spacial score (nSPS) is 16.0. The van der Waals surface area contributed by atoms with Gasteiger partial charge in [-0.05, 0) is 47.6 Å². The van der Waals surface area contributed by atoms with Crippen LogP contribution in [0.15, 0.2) is 81.5 Å². The second-order valence-corrected chi connectivity index (χ2v) is 7.98. The summed E-state index contributed by atoms with van der Waals surface area (Å²) in [6.07, 6.45) is 7.90. The average Bonchev–Trinajstić information content (AvgIpc) is 2.66. The molecule has 2 aromatic carbocycles. The number of hydrogen-bond donors (Lipinski definition) is 1. The predicted molar refractivity (Wildman–Crippen MR) is 118 cm³/mol. The van der Waals surface area contributed by atoms with Gasteiger partial charge < -0.3 is 9.84 Å². The van der Waals surface area contributed by atoms with Gasteiger partial charge in [-0.2, -0.15) is 0 Å². The molecule has 1 aliphatic heterocycles. The first kappa shape index (κ1) is 19.8. The minimum Gasteiger partial charge on any atom is -0.456 e. The summed E-state index contributed by atoms with van der Waals surface area (Å²) < 4.78 is 10.1. The Hall–Kier alpha value is -1.95. The lowest BCUT2D eigenvalue weighted by molar-refractivity contribution is -0.494. The largest absolute Gasteiger partial charge is 0.456 e. The van der Waals surface area contributed by atoms with Gasteiger partial charge >= 0.3 is 0 Å². The molecule has 2 aromatic rings. The Morgan fingerprint density at radius 2 is 1.67 bits per heavy atom. The highest BCUT2D eigenvalue weighted by Crippen LogP contribution is 2.33. The molecule has 0 bridgehead atoms. The zero-order valence-electron chi connectivity index (χ0n) is 14.9. The van der Waals surface area contributed by atoms with E-state index in [9.17, 15) is 0 Å². The fraction of sp³-hybridized carbons (Fsp3) is 0.136. The van der Waals surface area contributed by atoms with E-state index in [0.717, 1.165) is 37.2 Å². The minimum absolute atomic E-state index is 0.110. The van der Waals surface area contributed by atoms with Crippen molar-refractivity contribution in [2.75, 3.05) is 20.2 Å². The molecule has 0 fully saturated rings. The van der Waals surface area contributed by atoms with Crippen molar-refractivity contribution in [2.45, 2.75) is 0 Å². The molecule has 0 saturated carbocycles. The van der Waals surface area contributed by atoms with Crippen molar-refractivity contribution in [3.63, 3.8) is 0 Å². The minimum atomic E-state index is 0.110. The second-order valence-electron chi connectivity index (χ2n) is 6.15. The van der Waals surface area contributed by atoms with Crippen LogP contribution >= 0.6 is 31.9 Å². The maximum absolute atomic E-state index is 9.06. The lowest BCUT2D eigenvalue weighted by atomic mass is 10.0. The topological polar surface area (TPSA) is 32.5 Å². The van der Waals surface area contributed by atoms with Crippen LogP contribution in [0.3, 0.4) is 0 Å². The molecule has 0 spiro atoms. The van der Waals surface area contributed by atoms with Gasteiger partial charge in [0.15, 0.2) is 12.8 Å². The molecule has 0 aromatic heterocycles. The Bertz CT molecular complexity index is 958. The molecule has 3 rings (SSSR count). The molecule has 1 heterocycles. The number of halogens is 2. The van der Waals surface area contributed by atoms with Crippen molar-refractivity contribution in [1.82, 2.24) is 0 Å². The summed E-state index contributed by atoms with van der Waals surface area (Å²) in [5.41, 5.74) is 3.18. The summed E-state index contributed by atoms with van der Waals surface area (Å²) in [4.78, 5) is 0. The summed E-state index contributed by atoms with van der Waals surface area (Å²) >= 11 is 7.07. The number of benzene rings is 2. The van der Waals surface area contributed by atoms with Gasteiger partial charge in [-0.25, -0.2) is 4.58 Å². The summed E-state index contributed by atoms with van der Waals surface area (Å²) in [6.45, 7) is 0.680. The van der Waals surface area contributed by atoms with Crippen molar-refractivity contribution in [2.24, 2.45) is 0 Å². The molecular formula is C22H20Br2NO2+. The predicted octanol–water partition coefficient (Wildman–Crippen LogP) is 5.26. The molecule has 3 nitrogen and oxygen atoms in total. The van der Waals surface area contributed by atoms with Crippen LogP contribution in [0.2, 0.25) is 0 Å². The van der Waals surface area contributed by atoms with Crippen LogP contribution in [0.5, 0.6) is 0 Å².